The molecule has 2 aromatic heterocycles. The van der Waals surface area contributed by atoms with Gasteiger partial charge in [0.25, 0.3) is 0 Å². The van der Waals surface area contributed by atoms with Crippen LogP contribution >= 0.6 is 0 Å². The summed E-state index contributed by atoms with van der Waals surface area (Å²) >= 11 is 0. The van der Waals surface area contributed by atoms with Gasteiger partial charge in [-0.15, -0.1) is 0 Å². The number of anilines is 1. The van der Waals surface area contributed by atoms with E-state index in [2.05, 4.69) is 66.4 Å². The number of nitrogens with one attached hydrogen (secondary N) is 2. The highest BCUT2D eigenvalue weighted by atomic mass is 16.1. The van der Waals surface area contributed by atoms with Crippen LogP contribution in [0, 0.1) is 5.92 Å². The lowest BCUT2D eigenvalue weighted by molar-refractivity contribution is -0.121. The lowest BCUT2D eigenvalue weighted by atomic mass is 9.75. The normalized spacial score (nSPS) is 27.2. The average Bonchev–Trinajstić information content (AvgIpc) is 3.29. The zero-order valence-corrected chi connectivity index (χ0v) is 16.7. The highest BCUT2D eigenvalue weighted by Crippen LogP contribution is 2.47. The summed E-state index contributed by atoms with van der Waals surface area (Å²) in [5.41, 5.74) is 2.58. The van der Waals surface area contributed by atoms with Crippen molar-refractivity contribution < 1.29 is 4.79 Å². The smallest absolute Gasteiger partial charge is 0.217 e. The molecule has 0 bridgehead atoms. The molecule has 1 aromatic carbocycles. The molecule has 1 unspecified atom stereocenters. The van der Waals surface area contributed by atoms with E-state index in [0.717, 1.165) is 37.4 Å². The van der Waals surface area contributed by atoms with Crippen molar-refractivity contribution >= 4 is 22.9 Å². The number of hydrogen-bond acceptors (Lipinski definition) is 6. The molecular formula is C21H25N7O. The average molecular weight is 391 g/mol. The van der Waals surface area contributed by atoms with Gasteiger partial charge in [0.15, 0.2) is 11.5 Å². The first-order chi connectivity index (χ1) is 14.1. The predicted octanol–water partition coefficient (Wildman–Crippen LogP) is 1.74. The number of rotatable bonds is 3. The second-order valence-electron chi connectivity index (χ2n) is 8.21. The molecule has 8 heteroatoms. The number of nitrogens with zero attached hydrogens (tertiary/aromatic N) is 5. The summed E-state index contributed by atoms with van der Waals surface area (Å²) in [6.45, 7) is 4.08. The molecule has 2 aliphatic rings. The van der Waals surface area contributed by atoms with Crippen molar-refractivity contribution in [3.05, 3.63) is 48.5 Å². The van der Waals surface area contributed by atoms with E-state index in [4.69, 9.17) is 0 Å². The molecule has 0 aliphatic carbocycles. The van der Waals surface area contributed by atoms with E-state index >= 15 is 0 Å². The molecule has 29 heavy (non-hydrogen) atoms. The van der Waals surface area contributed by atoms with Gasteiger partial charge < -0.3 is 15.2 Å². The fourth-order valence-electron chi connectivity index (χ4n) is 5.34. The molecule has 150 valence electrons. The molecule has 2 fully saturated rings. The van der Waals surface area contributed by atoms with Crippen LogP contribution in [0.25, 0.3) is 11.2 Å². The first-order valence-electron chi connectivity index (χ1n) is 10.0. The number of likely N-dealkylation sites (tertiary alicyclic amines) is 1. The van der Waals surface area contributed by atoms with Gasteiger partial charge in [0.1, 0.15) is 11.8 Å². The molecule has 2 aliphatic heterocycles. The number of H-pyrrole nitrogens is 1. The van der Waals surface area contributed by atoms with Crippen LogP contribution in [0.4, 0.5) is 5.82 Å². The number of amides is 1. The first kappa shape index (κ1) is 18.1. The second kappa shape index (κ2) is 6.81. The van der Waals surface area contributed by atoms with E-state index < -0.39 is 0 Å². The summed E-state index contributed by atoms with van der Waals surface area (Å²) in [6.07, 6.45) is 4.10. The van der Waals surface area contributed by atoms with E-state index in [1.54, 1.807) is 19.6 Å². The van der Waals surface area contributed by atoms with Gasteiger partial charge in [0, 0.05) is 38.5 Å². The molecule has 3 atom stereocenters. The summed E-state index contributed by atoms with van der Waals surface area (Å²) in [6, 6.07) is 10.8. The van der Waals surface area contributed by atoms with Crippen LogP contribution in [0.15, 0.2) is 43.0 Å². The molecule has 4 heterocycles. The molecule has 0 saturated carbocycles. The number of piperidine rings is 1. The van der Waals surface area contributed by atoms with Gasteiger partial charge in [-0.25, -0.2) is 15.0 Å². The van der Waals surface area contributed by atoms with Gasteiger partial charge in [0.2, 0.25) is 5.91 Å². The lowest BCUT2D eigenvalue weighted by Crippen LogP contribution is -2.61. The zero-order chi connectivity index (χ0) is 20.0. The van der Waals surface area contributed by atoms with E-state index in [9.17, 15) is 4.79 Å². The third-order valence-corrected chi connectivity index (χ3v) is 6.41. The third-order valence-electron chi connectivity index (χ3n) is 6.41. The molecule has 1 amide bonds. The van der Waals surface area contributed by atoms with Crippen molar-refractivity contribution in [1.82, 2.24) is 30.2 Å². The maximum Gasteiger partial charge on any atom is 0.217 e. The number of hydrogen-bond donors (Lipinski definition) is 2. The summed E-state index contributed by atoms with van der Waals surface area (Å²) in [4.78, 5) is 33.1. The van der Waals surface area contributed by atoms with E-state index in [1.807, 2.05) is 6.07 Å². The number of carbonyl (C=O) groups is 1. The van der Waals surface area contributed by atoms with Crippen molar-refractivity contribution in [3.8, 4) is 0 Å². The molecule has 3 aromatic rings. The van der Waals surface area contributed by atoms with Crippen LogP contribution in [0.5, 0.6) is 0 Å². The molecule has 0 radical (unpaired) electrons. The molecule has 2 saturated heterocycles. The topological polar surface area (TPSA) is 90.0 Å². The van der Waals surface area contributed by atoms with Crippen molar-refractivity contribution in [2.24, 2.45) is 5.92 Å². The largest absolute Gasteiger partial charge is 0.354 e. The Labute approximate surface area is 169 Å². The van der Waals surface area contributed by atoms with Crippen LogP contribution in [-0.2, 0) is 4.79 Å². The van der Waals surface area contributed by atoms with E-state index in [1.165, 1.54) is 5.56 Å². The summed E-state index contributed by atoms with van der Waals surface area (Å²) in [5, 5.41) is 3.33. The van der Waals surface area contributed by atoms with Crippen molar-refractivity contribution in [2.45, 2.75) is 24.9 Å². The number of aromatic amines is 1. The third kappa shape index (κ3) is 2.95. The number of aromatic nitrogens is 4. The Balaban J connectivity index is 1.55. The van der Waals surface area contributed by atoms with Gasteiger partial charge in [-0.3, -0.25) is 9.69 Å². The van der Waals surface area contributed by atoms with Crippen LogP contribution in [0.1, 0.15) is 24.9 Å². The Morgan fingerprint density at radius 3 is 2.86 bits per heavy atom. The molecule has 5 rings (SSSR count). The van der Waals surface area contributed by atoms with Gasteiger partial charge in [-0.2, -0.15) is 0 Å². The molecular weight excluding hydrogens is 366 g/mol. The van der Waals surface area contributed by atoms with Crippen molar-refractivity contribution in [3.63, 3.8) is 0 Å². The maximum atomic E-state index is 12.1. The Bertz CT molecular complexity index is 1040. The van der Waals surface area contributed by atoms with Crippen LogP contribution in [-0.4, -0.2) is 63.0 Å². The number of likely N-dealkylation sites (N-methyl/N-ethyl adjacent to an activating group) is 1. The van der Waals surface area contributed by atoms with Gasteiger partial charge in [-0.1, -0.05) is 30.3 Å². The summed E-state index contributed by atoms with van der Waals surface area (Å²) in [5.74, 6) is 1.15. The minimum atomic E-state index is -0.238. The SMILES string of the molecule is CC(=O)N[C@@]12CCN(c3ncnc4nc[nH]c34)CC1[C@@H](c1ccccc1)N(C)C2. The first-order valence-corrected chi connectivity index (χ1v) is 10.0. The summed E-state index contributed by atoms with van der Waals surface area (Å²) < 4.78 is 0. The Morgan fingerprint density at radius 1 is 1.24 bits per heavy atom. The minimum Gasteiger partial charge on any atom is -0.354 e. The standard InChI is InChI=1S/C21H25N7O/c1-14(29)26-21-8-9-28(20-17-19(23-12-22-17)24-13-25-20)10-16(21)18(27(2)11-21)15-6-4-3-5-7-15/h3-7,12-13,16,18H,8-11H2,1-2H3,(H,26,29)(H,22,23,24,25)/t16?,18-,21-/m1/s1. The Kier molecular flexibility index (Phi) is 4.24. The lowest BCUT2D eigenvalue weighted by Gasteiger charge is -2.45. The number of fused-ring (bicyclic) bond motifs is 2. The summed E-state index contributed by atoms with van der Waals surface area (Å²) in [7, 11) is 2.15. The van der Waals surface area contributed by atoms with Gasteiger partial charge in [-0.05, 0) is 19.0 Å². The predicted molar refractivity (Wildman–Crippen MR) is 110 cm³/mol. The Morgan fingerprint density at radius 2 is 2.07 bits per heavy atom. The van der Waals surface area contributed by atoms with E-state index in [0.29, 0.717) is 5.65 Å². The fourth-order valence-corrected chi connectivity index (χ4v) is 5.34. The highest BCUT2D eigenvalue weighted by molar-refractivity contribution is 5.82. The highest BCUT2D eigenvalue weighted by Gasteiger charge is 2.54. The molecule has 0 spiro atoms. The van der Waals surface area contributed by atoms with Gasteiger partial charge in [0.05, 0.1) is 11.9 Å². The minimum absolute atomic E-state index is 0.0311. The Hall–Kier alpha value is -3.00. The molecule has 2 N–H and O–H groups in total. The van der Waals surface area contributed by atoms with Crippen molar-refractivity contribution in [2.75, 3.05) is 31.6 Å². The van der Waals surface area contributed by atoms with Crippen LogP contribution in [0.3, 0.4) is 0 Å². The van der Waals surface area contributed by atoms with Crippen LogP contribution in [0.2, 0.25) is 0 Å². The van der Waals surface area contributed by atoms with Crippen LogP contribution < -0.4 is 10.2 Å². The van der Waals surface area contributed by atoms with E-state index in [-0.39, 0.29) is 23.4 Å². The number of imidazole rings is 1. The maximum absolute atomic E-state index is 12.1. The number of carbonyl (C=O) groups excluding carboxylic acids is 1. The quantitative estimate of drug-likeness (QED) is 0.707. The zero-order valence-electron chi connectivity index (χ0n) is 16.7. The number of benzene rings is 1. The van der Waals surface area contributed by atoms with Gasteiger partial charge >= 0.3 is 0 Å². The monoisotopic (exact) mass is 391 g/mol. The van der Waals surface area contributed by atoms with Crippen molar-refractivity contribution in [1.29, 1.82) is 0 Å². The second-order valence-corrected chi connectivity index (χ2v) is 8.21. The fraction of sp³-hybridized carbons (Fsp3) is 0.429. The molecule has 8 nitrogen and oxygen atoms in total.